The van der Waals surface area contributed by atoms with Crippen LogP contribution in [0, 0.1) is 5.92 Å². The molecule has 0 spiro atoms. The van der Waals surface area contributed by atoms with Crippen molar-refractivity contribution in [2.24, 2.45) is 5.92 Å². The molecule has 0 amide bonds. The molecule has 4 unspecified atom stereocenters. The minimum atomic E-state index is -0.310. The highest BCUT2D eigenvalue weighted by molar-refractivity contribution is 5.91. The minimum absolute atomic E-state index is 0.0327. The van der Waals surface area contributed by atoms with Crippen LogP contribution in [0.3, 0.4) is 0 Å². The zero-order valence-electron chi connectivity index (χ0n) is 25.7. The molecule has 45 heavy (non-hydrogen) atoms. The van der Waals surface area contributed by atoms with Crippen molar-refractivity contribution >= 4 is 45.8 Å². The first-order chi connectivity index (χ1) is 22.0. The van der Waals surface area contributed by atoms with Crippen LogP contribution in [0.2, 0.25) is 0 Å². The number of para-hydroxylation sites is 3. The smallest absolute Gasteiger partial charge is 0.178 e. The number of hydrogen-bond acceptors (Lipinski definition) is 7. The molecule has 9 rings (SSSR count). The van der Waals surface area contributed by atoms with Crippen LogP contribution in [0.5, 0.6) is 0 Å². The Morgan fingerprint density at radius 3 is 2.07 bits per heavy atom. The van der Waals surface area contributed by atoms with E-state index < -0.39 is 0 Å². The van der Waals surface area contributed by atoms with Crippen molar-refractivity contribution in [2.45, 2.75) is 51.0 Å². The third-order valence-electron chi connectivity index (χ3n) is 10.3. The van der Waals surface area contributed by atoms with Crippen molar-refractivity contribution in [3.8, 4) is 0 Å². The lowest BCUT2D eigenvalue weighted by Gasteiger charge is -2.58. The van der Waals surface area contributed by atoms with Crippen molar-refractivity contribution in [2.75, 3.05) is 19.6 Å². The van der Waals surface area contributed by atoms with E-state index >= 15 is 0 Å². The molecule has 222 valence electrons. The first kappa shape index (κ1) is 26.3. The third-order valence-corrected chi connectivity index (χ3v) is 10.3. The van der Waals surface area contributed by atoms with Gasteiger partial charge in [-0.05, 0) is 67.8 Å². The average Bonchev–Trinajstić information content (AvgIpc) is 3.58. The summed E-state index contributed by atoms with van der Waals surface area (Å²) in [4.78, 5) is 25.1. The number of fused-ring (bicyclic) bond motifs is 14. The summed E-state index contributed by atoms with van der Waals surface area (Å²) >= 11 is 0. The van der Waals surface area contributed by atoms with E-state index in [2.05, 4.69) is 131 Å². The van der Waals surface area contributed by atoms with Gasteiger partial charge in [0.2, 0.25) is 0 Å². The van der Waals surface area contributed by atoms with E-state index in [1.54, 1.807) is 0 Å². The summed E-state index contributed by atoms with van der Waals surface area (Å²) in [5.74, 6) is 2.79. The fraction of sp³-hybridized carbons (Fsp3) is 0.237. The highest BCUT2D eigenvalue weighted by Crippen LogP contribution is 2.63. The largest absolute Gasteiger partial charge is 0.345 e. The lowest BCUT2D eigenvalue weighted by atomic mass is 9.61. The lowest BCUT2D eigenvalue weighted by molar-refractivity contribution is 0.194. The van der Waals surface area contributed by atoms with Crippen LogP contribution in [0.4, 0.5) is 40.2 Å². The van der Waals surface area contributed by atoms with Gasteiger partial charge in [-0.1, -0.05) is 68.1 Å². The molecule has 7 heteroatoms. The van der Waals surface area contributed by atoms with Gasteiger partial charge in [0.15, 0.2) is 17.5 Å². The molecule has 2 aromatic heterocycles. The second-order valence-corrected chi connectivity index (χ2v) is 13.1. The topological polar surface area (TPSA) is 51.6 Å². The van der Waals surface area contributed by atoms with Crippen molar-refractivity contribution in [1.82, 2.24) is 15.0 Å². The van der Waals surface area contributed by atoms with E-state index in [9.17, 15) is 0 Å². The molecule has 0 saturated heterocycles. The van der Waals surface area contributed by atoms with Gasteiger partial charge in [-0.2, -0.15) is 0 Å². The van der Waals surface area contributed by atoms with E-state index in [1.807, 2.05) is 18.6 Å². The zero-order valence-corrected chi connectivity index (χ0v) is 25.7. The van der Waals surface area contributed by atoms with E-state index in [4.69, 9.17) is 21.5 Å². The van der Waals surface area contributed by atoms with E-state index in [0.717, 1.165) is 46.5 Å². The summed E-state index contributed by atoms with van der Waals surface area (Å²) in [5, 5.41) is 0. The molecule has 3 aromatic carbocycles. The second-order valence-electron chi connectivity index (χ2n) is 13.1. The summed E-state index contributed by atoms with van der Waals surface area (Å²) in [7, 11) is 0. The maximum absolute atomic E-state index is 5.08. The van der Waals surface area contributed by atoms with Gasteiger partial charge in [-0.3, -0.25) is 0 Å². The Morgan fingerprint density at radius 1 is 0.667 bits per heavy atom. The normalized spacial score (nSPS) is 24.2. The molecule has 0 radical (unpaired) electrons. The zero-order chi connectivity index (χ0) is 30.4. The summed E-state index contributed by atoms with van der Waals surface area (Å²) in [6.07, 6.45) is 6.19. The first-order valence-corrected chi connectivity index (χ1v) is 15.8. The number of aromatic nitrogens is 3. The molecule has 0 saturated carbocycles. The van der Waals surface area contributed by atoms with Crippen LogP contribution in [0.1, 0.15) is 38.3 Å². The number of anilines is 7. The second kappa shape index (κ2) is 9.41. The number of rotatable bonds is 2. The highest BCUT2D eigenvalue weighted by atomic mass is 15.5. The Morgan fingerprint density at radius 2 is 1.29 bits per heavy atom. The van der Waals surface area contributed by atoms with E-state index in [0.29, 0.717) is 0 Å². The molecular weight excluding hydrogens is 554 g/mol. The molecule has 7 nitrogen and oxygen atoms in total. The van der Waals surface area contributed by atoms with Crippen molar-refractivity contribution in [3.05, 3.63) is 127 Å². The highest BCUT2D eigenvalue weighted by Gasteiger charge is 2.63. The van der Waals surface area contributed by atoms with Crippen LogP contribution in [-0.2, 0) is 5.41 Å². The number of benzene rings is 3. The van der Waals surface area contributed by atoms with Crippen LogP contribution < -0.4 is 19.6 Å². The molecule has 0 bridgehead atoms. The summed E-state index contributed by atoms with van der Waals surface area (Å²) in [6.45, 7) is 11.9. The molecule has 0 aliphatic carbocycles. The lowest BCUT2D eigenvalue weighted by Crippen LogP contribution is -2.66. The molecule has 0 N–H and O–H groups in total. The Bertz CT molecular complexity index is 1970. The van der Waals surface area contributed by atoms with Gasteiger partial charge in [0.1, 0.15) is 12.3 Å². The van der Waals surface area contributed by atoms with E-state index in [1.165, 1.54) is 16.8 Å². The van der Waals surface area contributed by atoms with Gasteiger partial charge in [-0.15, -0.1) is 0 Å². The van der Waals surface area contributed by atoms with Gasteiger partial charge >= 0.3 is 0 Å². The fourth-order valence-electron chi connectivity index (χ4n) is 8.70. The third kappa shape index (κ3) is 3.43. The predicted molar refractivity (Wildman–Crippen MR) is 182 cm³/mol. The molecule has 4 aliphatic heterocycles. The standard InChI is InChI=1S/C38H35N7/c1-24(2)42-31-19-12-20-39-33(31)44-29-17-10-8-15-27(29)25(3)23-38(4)28-16-9-11-18-30(28)45-35-34(40-21-22-41-35)43(26-13-6-5-7-14-26)37(45)32(38)36(42)44/h5-22,24,32,36-37H,3,23H2,1-2,4H3. The van der Waals surface area contributed by atoms with Gasteiger partial charge in [0.05, 0.1) is 11.4 Å². The summed E-state index contributed by atoms with van der Waals surface area (Å²) in [6, 6.07) is 32.9. The van der Waals surface area contributed by atoms with Crippen LogP contribution in [-0.4, -0.2) is 33.3 Å². The molecule has 0 fully saturated rings. The Labute approximate surface area is 264 Å². The molecular formula is C38H35N7. The number of nitrogens with zero attached hydrogens (tertiary/aromatic N) is 7. The fourth-order valence-corrected chi connectivity index (χ4v) is 8.70. The van der Waals surface area contributed by atoms with Crippen molar-refractivity contribution in [1.29, 1.82) is 0 Å². The van der Waals surface area contributed by atoms with E-state index in [-0.39, 0.29) is 29.7 Å². The van der Waals surface area contributed by atoms with Gasteiger partial charge < -0.3 is 19.6 Å². The maximum Gasteiger partial charge on any atom is 0.178 e. The van der Waals surface area contributed by atoms with Gasteiger partial charge in [0.25, 0.3) is 0 Å². The molecule has 4 aliphatic rings. The average molecular weight is 590 g/mol. The van der Waals surface area contributed by atoms with Gasteiger partial charge in [0, 0.05) is 52.9 Å². The number of allylic oxidation sites excluding steroid dienone is 1. The SMILES string of the molecule is C=C1CC2(C)c3ccccc3N3c4nccnc4N(c4ccccc4)C3C2C2N(c3ccccc31)c1ncccc1N2C(C)C. The predicted octanol–water partition coefficient (Wildman–Crippen LogP) is 8.18. The quantitative estimate of drug-likeness (QED) is 0.206. The summed E-state index contributed by atoms with van der Waals surface area (Å²) in [5.41, 5.74) is 7.92. The van der Waals surface area contributed by atoms with Gasteiger partial charge in [-0.25, -0.2) is 15.0 Å². The Balaban J connectivity index is 1.41. The van der Waals surface area contributed by atoms with Crippen LogP contribution >= 0.6 is 0 Å². The van der Waals surface area contributed by atoms with Crippen molar-refractivity contribution in [3.63, 3.8) is 0 Å². The maximum atomic E-state index is 5.08. The number of pyridine rings is 1. The van der Waals surface area contributed by atoms with Crippen LogP contribution in [0.15, 0.2) is 116 Å². The Hall–Kier alpha value is -5.17. The monoisotopic (exact) mass is 589 g/mol. The van der Waals surface area contributed by atoms with Crippen LogP contribution in [0.25, 0.3) is 5.57 Å². The van der Waals surface area contributed by atoms with Crippen molar-refractivity contribution < 1.29 is 0 Å². The Kier molecular flexibility index (Phi) is 5.49. The molecule has 5 aromatic rings. The number of hydrogen-bond donors (Lipinski definition) is 0. The molecule has 4 atom stereocenters. The minimum Gasteiger partial charge on any atom is -0.345 e. The summed E-state index contributed by atoms with van der Waals surface area (Å²) < 4.78 is 0. The molecule has 6 heterocycles. The first-order valence-electron chi connectivity index (χ1n) is 15.8.